The zero-order chi connectivity index (χ0) is 14.9. The summed E-state index contributed by atoms with van der Waals surface area (Å²) in [6.07, 6.45) is 1.06. The number of nitrogens with two attached hydrogens (primary N) is 1. The first-order valence-corrected chi connectivity index (χ1v) is 6.79. The van der Waals surface area contributed by atoms with Gasteiger partial charge in [-0.2, -0.15) is 0 Å². The van der Waals surface area contributed by atoms with Gasteiger partial charge in [0.25, 0.3) is 0 Å². The quantitative estimate of drug-likeness (QED) is 0.669. The van der Waals surface area contributed by atoms with Gasteiger partial charge in [0.15, 0.2) is 0 Å². The van der Waals surface area contributed by atoms with Gasteiger partial charge in [-0.3, -0.25) is 0 Å². The number of hydrogen-bond acceptors (Lipinski definition) is 4. The molecule has 5 heteroatoms. The highest BCUT2D eigenvalue weighted by molar-refractivity contribution is 5.91. The second-order valence-electron chi connectivity index (χ2n) is 5.46. The van der Waals surface area contributed by atoms with E-state index in [0.29, 0.717) is 24.1 Å². The molecule has 1 saturated heterocycles. The van der Waals surface area contributed by atoms with Gasteiger partial charge in [0, 0.05) is 18.5 Å². The predicted octanol–water partition coefficient (Wildman–Crippen LogP) is 2.83. The topological polar surface area (TPSA) is 61.6 Å². The Morgan fingerprint density at radius 2 is 1.95 bits per heavy atom. The van der Waals surface area contributed by atoms with Crippen molar-refractivity contribution in [1.82, 2.24) is 0 Å². The van der Waals surface area contributed by atoms with Gasteiger partial charge in [0.1, 0.15) is 11.9 Å². The van der Waals surface area contributed by atoms with Crippen molar-refractivity contribution in [3.05, 3.63) is 29.1 Å². The molecule has 1 aliphatic heterocycles. The average Bonchev–Trinajstić information content (AvgIpc) is 2.32. The van der Waals surface area contributed by atoms with Gasteiger partial charge in [-0.25, -0.2) is 9.18 Å². The minimum absolute atomic E-state index is 0.0315. The molecule has 4 nitrogen and oxygen atoms in total. The molecule has 0 spiro atoms. The first-order chi connectivity index (χ1) is 9.36. The fourth-order valence-corrected chi connectivity index (χ4v) is 2.60. The minimum Gasteiger partial charge on any atom is -0.458 e. The fraction of sp³-hybridized carbons (Fsp3) is 0.533. The Hall–Kier alpha value is -1.62. The Bertz CT molecular complexity index is 508. The monoisotopic (exact) mass is 281 g/mol. The van der Waals surface area contributed by atoms with Crippen LogP contribution in [0.4, 0.5) is 10.1 Å². The molecule has 1 fully saturated rings. The molecule has 0 aromatic heterocycles. The van der Waals surface area contributed by atoms with Crippen molar-refractivity contribution in [2.24, 2.45) is 0 Å². The number of halogens is 1. The van der Waals surface area contributed by atoms with Crippen molar-refractivity contribution < 1.29 is 18.7 Å². The molecule has 1 aromatic carbocycles. The van der Waals surface area contributed by atoms with Crippen molar-refractivity contribution in [3.63, 3.8) is 0 Å². The van der Waals surface area contributed by atoms with Gasteiger partial charge in [-0.05, 0) is 38.5 Å². The lowest BCUT2D eigenvalue weighted by Crippen LogP contribution is -2.35. The normalized spacial score (nSPS) is 26.3. The second-order valence-corrected chi connectivity index (χ2v) is 5.46. The summed E-state index contributed by atoms with van der Waals surface area (Å²) in [6.45, 7) is 5.44. The summed E-state index contributed by atoms with van der Waals surface area (Å²) < 4.78 is 24.9. The molecule has 2 atom stereocenters. The second kappa shape index (κ2) is 5.79. The van der Waals surface area contributed by atoms with Crippen molar-refractivity contribution in [2.45, 2.75) is 51.9 Å². The van der Waals surface area contributed by atoms with Crippen molar-refractivity contribution in [3.8, 4) is 0 Å². The summed E-state index contributed by atoms with van der Waals surface area (Å²) in [5.41, 5.74) is 6.24. The third kappa shape index (κ3) is 3.28. The van der Waals surface area contributed by atoms with E-state index >= 15 is 0 Å². The van der Waals surface area contributed by atoms with E-state index < -0.39 is 11.8 Å². The molecule has 2 rings (SSSR count). The summed E-state index contributed by atoms with van der Waals surface area (Å²) in [7, 11) is 0. The molecule has 0 bridgehead atoms. The number of nitrogen functional groups attached to an aromatic ring is 1. The van der Waals surface area contributed by atoms with Crippen LogP contribution in [0.5, 0.6) is 0 Å². The van der Waals surface area contributed by atoms with E-state index in [1.165, 1.54) is 12.1 Å². The summed E-state index contributed by atoms with van der Waals surface area (Å²) >= 11 is 0. The van der Waals surface area contributed by atoms with Crippen LogP contribution in [0.25, 0.3) is 0 Å². The smallest absolute Gasteiger partial charge is 0.341 e. The molecule has 2 unspecified atom stereocenters. The molecule has 0 aliphatic carbocycles. The summed E-state index contributed by atoms with van der Waals surface area (Å²) in [6, 6.07) is 2.81. The van der Waals surface area contributed by atoms with E-state index in [-0.39, 0.29) is 23.9 Å². The van der Waals surface area contributed by atoms with Crippen LogP contribution in [-0.4, -0.2) is 24.3 Å². The maximum Gasteiger partial charge on any atom is 0.341 e. The lowest BCUT2D eigenvalue weighted by molar-refractivity contribution is -0.0856. The molecule has 0 amide bonds. The van der Waals surface area contributed by atoms with Crippen LogP contribution in [0.3, 0.4) is 0 Å². The summed E-state index contributed by atoms with van der Waals surface area (Å²) in [5.74, 6) is -1.23. The van der Waals surface area contributed by atoms with Gasteiger partial charge >= 0.3 is 5.97 Å². The van der Waals surface area contributed by atoms with E-state index in [1.54, 1.807) is 6.92 Å². The fourth-order valence-electron chi connectivity index (χ4n) is 2.60. The number of rotatable bonds is 2. The van der Waals surface area contributed by atoms with E-state index in [4.69, 9.17) is 15.2 Å². The Morgan fingerprint density at radius 3 is 2.55 bits per heavy atom. The lowest BCUT2D eigenvalue weighted by Gasteiger charge is -2.31. The van der Waals surface area contributed by atoms with E-state index in [0.717, 1.165) is 0 Å². The predicted molar refractivity (Wildman–Crippen MR) is 74.0 cm³/mol. The van der Waals surface area contributed by atoms with Crippen LogP contribution >= 0.6 is 0 Å². The van der Waals surface area contributed by atoms with E-state index in [9.17, 15) is 9.18 Å². The number of esters is 1. The van der Waals surface area contributed by atoms with E-state index in [1.807, 2.05) is 13.8 Å². The molecule has 2 N–H and O–H groups in total. The Morgan fingerprint density at radius 1 is 1.35 bits per heavy atom. The molecular formula is C15H20FNO3. The van der Waals surface area contributed by atoms with Crippen molar-refractivity contribution in [1.29, 1.82) is 0 Å². The maximum absolute atomic E-state index is 14.0. The van der Waals surface area contributed by atoms with Gasteiger partial charge < -0.3 is 15.2 Å². The molecule has 1 heterocycles. The Balaban J connectivity index is 2.12. The maximum atomic E-state index is 14.0. The largest absolute Gasteiger partial charge is 0.458 e. The highest BCUT2D eigenvalue weighted by Crippen LogP contribution is 2.24. The molecule has 0 radical (unpaired) electrons. The van der Waals surface area contributed by atoms with Gasteiger partial charge in [-0.1, -0.05) is 0 Å². The van der Waals surface area contributed by atoms with Gasteiger partial charge in [0.2, 0.25) is 0 Å². The lowest BCUT2D eigenvalue weighted by atomic mass is 10.0. The highest BCUT2D eigenvalue weighted by Gasteiger charge is 2.28. The van der Waals surface area contributed by atoms with Crippen molar-refractivity contribution in [2.75, 3.05) is 5.73 Å². The molecule has 0 saturated carbocycles. The summed E-state index contributed by atoms with van der Waals surface area (Å²) in [5, 5.41) is 0. The first kappa shape index (κ1) is 14.8. The van der Waals surface area contributed by atoms with Crippen molar-refractivity contribution >= 4 is 11.7 Å². The molecule has 1 aliphatic rings. The van der Waals surface area contributed by atoms with Crippen LogP contribution in [0.1, 0.15) is 42.6 Å². The standard InChI is InChI=1S/C15H20FNO3/c1-8-4-11(17)7-13(14(8)16)15(18)20-12-5-9(2)19-10(3)6-12/h4,7,9-10,12H,5-6,17H2,1-3H3. The number of aryl methyl sites for hydroxylation is 1. The van der Waals surface area contributed by atoms with Crippen LogP contribution < -0.4 is 5.73 Å². The SMILES string of the molecule is Cc1cc(N)cc(C(=O)OC2CC(C)OC(C)C2)c1F. The van der Waals surface area contributed by atoms with Crippen LogP contribution in [0.15, 0.2) is 12.1 Å². The minimum atomic E-state index is -0.663. The number of carbonyl (C=O) groups is 1. The molecule has 1 aromatic rings. The first-order valence-electron chi connectivity index (χ1n) is 6.79. The number of carbonyl (C=O) groups excluding carboxylic acids is 1. The average molecular weight is 281 g/mol. The zero-order valence-corrected chi connectivity index (χ0v) is 12.0. The van der Waals surface area contributed by atoms with Crippen LogP contribution in [0.2, 0.25) is 0 Å². The Labute approximate surface area is 118 Å². The number of anilines is 1. The molecular weight excluding hydrogens is 261 g/mol. The number of hydrogen-bond donors (Lipinski definition) is 1. The van der Waals surface area contributed by atoms with E-state index in [2.05, 4.69) is 0 Å². The number of ether oxygens (including phenoxy) is 2. The third-order valence-electron chi connectivity index (χ3n) is 3.42. The van der Waals surface area contributed by atoms with Crippen LogP contribution in [0, 0.1) is 12.7 Å². The summed E-state index contributed by atoms with van der Waals surface area (Å²) in [4.78, 5) is 12.1. The third-order valence-corrected chi connectivity index (χ3v) is 3.42. The van der Waals surface area contributed by atoms with Gasteiger partial charge in [-0.15, -0.1) is 0 Å². The molecule has 110 valence electrons. The molecule has 20 heavy (non-hydrogen) atoms. The Kier molecular flexibility index (Phi) is 4.28. The van der Waals surface area contributed by atoms with Gasteiger partial charge in [0.05, 0.1) is 17.8 Å². The van der Waals surface area contributed by atoms with Crippen LogP contribution in [-0.2, 0) is 9.47 Å². The zero-order valence-electron chi connectivity index (χ0n) is 12.0. The highest BCUT2D eigenvalue weighted by atomic mass is 19.1. The number of benzene rings is 1.